The van der Waals surface area contributed by atoms with Gasteiger partial charge in [-0.2, -0.15) is 0 Å². The van der Waals surface area contributed by atoms with E-state index in [4.69, 9.17) is 9.47 Å². The van der Waals surface area contributed by atoms with Crippen molar-refractivity contribution in [3.8, 4) is 5.88 Å². The molecule has 72 valence electrons. The van der Waals surface area contributed by atoms with Gasteiger partial charge in [-0.1, -0.05) is 0 Å². The van der Waals surface area contributed by atoms with Gasteiger partial charge in [0.25, 0.3) is 0 Å². The van der Waals surface area contributed by atoms with Gasteiger partial charge >= 0.3 is 0 Å². The number of hydrogen-bond donors (Lipinski definition) is 0. The summed E-state index contributed by atoms with van der Waals surface area (Å²) in [6, 6.07) is 0. The number of ether oxygens (including phenoxy) is 2. The highest BCUT2D eigenvalue weighted by Gasteiger charge is 2.18. The van der Waals surface area contributed by atoms with Crippen LogP contribution in [0.5, 0.6) is 5.88 Å². The first-order chi connectivity index (χ1) is 6.40. The molecule has 0 unspecified atom stereocenters. The Morgan fingerprint density at radius 2 is 2.31 bits per heavy atom. The Morgan fingerprint density at radius 3 is 2.92 bits per heavy atom. The second-order valence-electron chi connectivity index (χ2n) is 3.11. The van der Waals surface area contributed by atoms with Gasteiger partial charge in [0.05, 0.1) is 17.5 Å². The van der Waals surface area contributed by atoms with Crippen LogP contribution < -0.4 is 4.74 Å². The number of rotatable bonds is 2. The van der Waals surface area contributed by atoms with Crippen molar-refractivity contribution in [2.24, 2.45) is 0 Å². The number of thiazole rings is 1. The van der Waals surface area contributed by atoms with Gasteiger partial charge in [0, 0.05) is 19.1 Å². The Balaban J connectivity index is 2.05. The normalized spacial score (nSPS) is 18.8. The van der Waals surface area contributed by atoms with Crippen molar-refractivity contribution in [2.45, 2.75) is 18.8 Å². The van der Waals surface area contributed by atoms with Gasteiger partial charge < -0.3 is 9.47 Å². The maximum atomic E-state index is 5.30. The summed E-state index contributed by atoms with van der Waals surface area (Å²) in [5.41, 5.74) is 0. The molecule has 0 amide bonds. The standard InChI is InChI=1S/C9H13NO2S/c1-11-8-6-13-9(10-8)7-2-4-12-5-3-7/h6-7H,2-5H2,1H3. The lowest BCUT2D eigenvalue weighted by atomic mass is 10.0. The van der Waals surface area contributed by atoms with E-state index in [1.54, 1.807) is 18.4 Å². The zero-order valence-electron chi connectivity index (χ0n) is 7.66. The molecule has 13 heavy (non-hydrogen) atoms. The van der Waals surface area contributed by atoms with Gasteiger partial charge in [-0.15, -0.1) is 11.3 Å². The summed E-state index contributed by atoms with van der Waals surface area (Å²) < 4.78 is 10.4. The predicted octanol–water partition coefficient (Wildman–Crippen LogP) is 2.05. The highest BCUT2D eigenvalue weighted by atomic mass is 32.1. The molecule has 0 aromatic carbocycles. The molecule has 3 nitrogen and oxygen atoms in total. The minimum atomic E-state index is 0.586. The van der Waals surface area contributed by atoms with Crippen LogP contribution in [-0.4, -0.2) is 25.3 Å². The highest BCUT2D eigenvalue weighted by Crippen LogP contribution is 2.30. The van der Waals surface area contributed by atoms with E-state index in [1.807, 2.05) is 5.38 Å². The van der Waals surface area contributed by atoms with Crippen LogP contribution in [0.15, 0.2) is 5.38 Å². The summed E-state index contributed by atoms with van der Waals surface area (Å²) in [6.07, 6.45) is 2.19. The Hall–Kier alpha value is -0.610. The molecule has 1 aromatic rings. The third-order valence-corrected chi connectivity index (χ3v) is 3.27. The zero-order valence-corrected chi connectivity index (χ0v) is 8.47. The minimum Gasteiger partial charge on any atom is -0.480 e. The van der Waals surface area contributed by atoms with Crippen LogP contribution in [0.2, 0.25) is 0 Å². The molecule has 2 heterocycles. The van der Waals surface area contributed by atoms with Crippen LogP contribution in [0.1, 0.15) is 23.8 Å². The average Bonchev–Trinajstić information content (AvgIpc) is 2.67. The summed E-state index contributed by atoms with van der Waals surface area (Å²) in [5, 5.41) is 3.16. The van der Waals surface area contributed by atoms with E-state index in [9.17, 15) is 0 Å². The molecule has 1 aromatic heterocycles. The third kappa shape index (κ3) is 2.00. The smallest absolute Gasteiger partial charge is 0.224 e. The summed E-state index contributed by atoms with van der Waals surface area (Å²) in [4.78, 5) is 4.39. The molecular weight excluding hydrogens is 186 g/mol. The second-order valence-corrected chi connectivity index (χ2v) is 4.00. The quantitative estimate of drug-likeness (QED) is 0.730. The van der Waals surface area contributed by atoms with Crippen molar-refractivity contribution < 1.29 is 9.47 Å². The second kappa shape index (κ2) is 4.07. The molecule has 1 aliphatic rings. The molecule has 2 rings (SSSR count). The molecule has 0 saturated carbocycles. The van der Waals surface area contributed by atoms with Gasteiger partial charge in [0.2, 0.25) is 5.88 Å². The molecule has 0 atom stereocenters. The summed E-state index contributed by atoms with van der Waals surface area (Å²) in [7, 11) is 1.66. The lowest BCUT2D eigenvalue weighted by Crippen LogP contribution is -2.13. The first-order valence-electron chi connectivity index (χ1n) is 4.47. The number of hydrogen-bond acceptors (Lipinski definition) is 4. The van der Waals surface area contributed by atoms with Crippen LogP contribution in [0.25, 0.3) is 0 Å². The van der Waals surface area contributed by atoms with Gasteiger partial charge in [0.1, 0.15) is 0 Å². The Kier molecular flexibility index (Phi) is 2.80. The maximum Gasteiger partial charge on any atom is 0.224 e. The molecule has 0 bridgehead atoms. The zero-order chi connectivity index (χ0) is 9.10. The average molecular weight is 199 g/mol. The van der Waals surface area contributed by atoms with Crippen LogP contribution in [-0.2, 0) is 4.74 Å². The molecule has 1 aliphatic heterocycles. The van der Waals surface area contributed by atoms with Gasteiger partial charge in [-0.05, 0) is 12.8 Å². The lowest BCUT2D eigenvalue weighted by molar-refractivity contribution is 0.0852. The van der Waals surface area contributed by atoms with Crippen molar-refractivity contribution in [2.75, 3.05) is 20.3 Å². The fourth-order valence-corrected chi connectivity index (χ4v) is 2.44. The van der Waals surface area contributed by atoms with E-state index in [0.29, 0.717) is 5.92 Å². The van der Waals surface area contributed by atoms with Gasteiger partial charge in [-0.3, -0.25) is 0 Å². The van der Waals surface area contributed by atoms with E-state index < -0.39 is 0 Å². The topological polar surface area (TPSA) is 31.4 Å². The minimum absolute atomic E-state index is 0.586. The lowest BCUT2D eigenvalue weighted by Gasteiger charge is -2.19. The fourth-order valence-electron chi connectivity index (χ4n) is 1.50. The molecule has 0 N–H and O–H groups in total. The van der Waals surface area contributed by atoms with Crippen molar-refractivity contribution >= 4 is 11.3 Å². The summed E-state index contributed by atoms with van der Waals surface area (Å²) in [5.74, 6) is 1.33. The number of nitrogens with zero attached hydrogens (tertiary/aromatic N) is 1. The molecule has 0 spiro atoms. The van der Waals surface area contributed by atoms with Gasteiger partial charge in [-0.25, -0.2) is 4.98 Å². The fraction of sp³-hybridized carbons (Fsp3) is 0.667. The van der Waals surface area contributed by atoms with E-state index in [0.717, 1.165) is 31.9 Å². The monoisotopic (exact) mass is 199 g/mol. The molecule has 1 saturated heterocycles. The SMILES string of the molecule is COc1csc(C2CCOCC2)n1. The van der Waals surface area contributed by atoms with Gasteiger partial charge in [0.15, 0.2) is 0 Å². The highest BCUT2D eigenvalue weighted by molar-refractivity contribution is 7.09. The Labute approximate surface area is 81.7 Å². The van der Waals surface area contributed by atoms with Crippen molar-refractivity contribution in [1.29, 1.82) is 0 Å². The van der Waals surface area contributed by atoms with Crippen LogP contribution in [0, 0.1) is 0 Å². The Morgan fingerprint density at radius 1 is 1.54 bits per heavy atom. The third-order valence-electron chi connectivity index (χ3n) is 2.28. The first kappa shape index (κ1) is 8.97. The van der Waals surface area contributed by atoms with E-state index >= 15 is 0 Å². The number of methoxy groups -OCH3 is 1. The van der Waals surface area contributed by atoms with Crippen LogP contribution >= 0.6 is 11.3 Å². The number of aromatic nitrogens is 1. The summed E-state index contributed by atoms with van der Waals surface area (Å²) in [6.45, 7) is 1.74. The van der Waals surface area contributed by atoms with E-state index in [1.165, 1.54) is 5.01 Å². The van der Waals surface area contributed by atoms with Crippen molar-refractivity contribution in [3.63, 3.8) is 0 Å². The molecular formula is C9H13NO2S. The largest absolute Gasteiger partial charge is 0.480 e. The van der Waals surface area contributed by atoms with Crippen molar-refractivity contribution in [3.05, 3.63) is 10.4 Å². The van der Waals surface area contributed by atoms with Crippen LogP contribution in [0.4, 0.5) is 0 Å². The van der Waals surface area contributed by atoms with Crippen molar-refractivity contribution in [1.82, 2.24) is 4.98 Å². The van der Waals surface area contributed by atoms with E-state index in [-0.39, 0.29) is 0 Å². The predicted molar refractivity (Wildman–Crippen MR) is 51.5 cm³/mol. The molecule has 1 fully saturated rings. The molecule has 0 radical (unpaired) electrons. The molecule has 0 aliphatic carbocycles. The van der Waals surface area contributed by atoms with E-state index in [2.05, 4.69) is 4.98 Å². The Bertz CT molecular complexity index is 268. The maximum absolute atomic E-state index is 5.30. The summed E-state index contributed by atoms with van der Waals surface area (Å²) >= 11 is 1.69. The first-order valence-corrected chi connectivity index (χ1v) is 5.35. The molecule has 4 heteroatoms. The van der Waals surface area contributed by atoms with Crippen LogP contribution in [0.3, 0.4) is 0 Å².